The minimum Gasteiger partial charge on any atom is -0.468 e. The Labute approximate surface area is 182 Å². The van der Waals surface area contributed by atoms with Gasteiger partial charge in [-0.2, -0.15) is 5.26 Å². The summed E-state index contributed by atoms with van der Waals surface area (Å²) in [5, 5.41) is 12.7. The van der Waals surface area contributed by atoms with Crippen LogP contribution in [0.3, 0.4) is 0 Å². The van der Waals surface area contributed by atoms with Gasteiger partial charge >= 0.3 is 12.1 Å². The van der Waals surface area contributed by atoms with Crippen molar-refractivity contribution in [2.75, 3.05) is 32.1 Å². The maximum atomic E-state index is 12.3. The highest BCUT2D eigenvalue weighted by Gasteiger charge is 2.27. The van der Waals surface area contributed by atoms with Crippen molar-refractivity contribution in [2.45, 2.75) is 45.6 Å². The van der Waals surface area contributed by atoms with Gasteiger partial charge in [-0.05, 0) is 46.2 Å². The molecule has 1 aromatic heterocycles. The number of hydrogen-bond donors (Lipinski definition) is 1. The first kappa shape index (κ1) is 23.9. The molecule has 0 aliphatic rings. The Kier molecular flexibility index (Phi) is 8.14. The normalized spacial score (nSPS) is 12.0. The molecule has 1 aromatic carbocycles. The number of carbonyl (C=O) groups is 2. The van der Waals surface area contributed by atoms with Gasteiger partial charge in [-0.25, -0.2) is 14.8 Å². The molecule has 1 N–H and O–H groups in total. The van der Waals surface area contributed by atoms with E-state index < -0.39 is 17.5 Å². The van der Waals surface area contributed by atoms with Crippen LogP contribution in [0.1, 0.15) is 45.7 Å². The predicted octanol–water partition coefficient (Wildman–Crippen LogP) is 3.47. The number of nitrogens with one attached hydrogen (secondary N) is 1. The summed E-state index contributed by atoms with van der Waals surface area (Å²) >= 11 is 0. The minimum atomic E-state index is -1.20. The highest BCUT2D eigenvalue weighted by atomic mass is 16.6. The molecular weight excluding hydrogens is 398 g/mol. The van der Waals surface area contributed by atoms with Gasteiger partial charge in [0.1, 0.15) is 11.3 Å². The number of ether oxygens (including phenoxy) is 2. The van der Waals surface area contributed by atoms with E-state index in [1.165, 1.54) is 7.11 Å². The van der Waals surface area contributed by atoms with Crippen LogP contribution in [0.15, 0.2) is 24.3 Å². The largest absolute Gasteiger partial charge is 0.468 e. The van der Waals surface area contributed by atoms with Gasteiger partial charge in [0.15, 0.2) is 11.7 Å². The molecule has 0 aliphatic heterocycles. The first-order valence-corrected chi connectivity index (χ1v) is 10.2. The Morgan fingerprint density at radius 1 is 1.23 bits per heavy atom. The topological polar surface area (TPSA) is 117 Å². The van der Waals surface area contributed by atoms with Crippen molar-refractivity contribution in [2.24, 2.45) is 0 Å². The molecule has 9 heteroatoms. The summed E-state index contributed by atoms with van der Waals surface area (Å²) in [4.78, 5) is 35.0. The molecule has 9 nitrogen and oxygen atoms in total. The van der Waals surface area contributed by atoms with Crippen LogP contribution in [0, 0.1) is 11.3 Å². The van der Waals surface area contributed by atoms with Gasteiger partial charge in [-0.1, -0.05) is 12.1 Å². The molecule has 1 heterocycles. The second-order valence-corrected chi connectivity index (χ2v) is 7.87. The molecule has 1 amide bonds. The van der Waals surface area contributed by atoms with Gasteiger partial charge < -0.3 is 19.7 Å². The van der Waals surface area contributed by atoms with E-state index in [0.717, 1.165) is 0 Å². The lowest BCUT2D eigenvalue weighted by Crippen LogP contribution is -2.37. The molecule has 0 radical (unpaired) electrons. The molecule has 2 aromatic rings. The molecular formula is C22H29N5O4. The minimum absolute atomic E-state index is 0.215. The number of fused-ring (bicyclic) bond motifs is 1. The van der Waals surface area contributed by atoms with E-state index in [1.807, 2.05) is 45.9 Å². The zero-order valence-corrected chi connectivity index (χ0v) is 18.6. The van der Waals surface area contributed by atoms with Crippen LogP contribution >= 0.6 is 0 Å². The Hall–Kier alpha value is -3.41. The van der Waals surface area contributed by atoms with Crippen molar-refractivity contribution in [3.05, 3.63) is 30.0 Å². The summed E-state index contributed by atoms with van der Waals surface area (Å²) in [5.74, 6) is -1.55. The van der Waals surface area contributed by atoms with E-state index >= 15 is 0 Å². The van der Waals surface area contributed by atoms with Crippen molar-refractivity contribution >= 4 is 28.9 Å². The van der Waals surface area contributed by atoms with Crippen LogP contribution in [0.2, 0.25) is 0 Å². The Balaban J connectivity index is 2.15. The van der Waals surface area contributed by atoms with Crippen molar-refractivity contribution in [1.29, 1.82) is 5.26 Å². The van der Waals surface area contributed by atoms with E-state index in [2.05, 4.69) is 15.3 Å². The van der Waals surface area contributed by atoms with Gasteiger partial charge in [0.2, 0.25) is 0 Å². The van der Waals surface area contributed by atoms with Crippen molar-refractivity contribution in [3.8, 4) is 6.07 Å². The Morgan fingerprint density at radius 3 is 2.42 bits per heavy atom. The predicted molar refractivity (Wildman–Crippen MR) is 116 cm³/mol. The maximum Gasteiger partial charge on any atom is 0.410 e. The number of aromatic nitrogens is 2. The highest BCUT2D eigenvalue weighted by Crippen LogP contribution is 2.25. The fourth-order valence-corrected chi connectivity index (χ4v) is 2.87. The monoisotopic (exact) mass is 427 g/mol. The fourth-order valence-electron chi connectivity index (χ4n) is 2.87. The van der Waals surface area contributed by atoms with Crippen LogP contribution < -0.4 is 5.32 Å². The molecule has 0 bridgehead atoms. The third-order valence-electron chi connectivity index (χ3n) is 4.37. The number of nitrogens with zero attached hydrogens (tertiary/aromatic N) is 4. The number of rotatable bonds is 8. The summed E-state index contributed by atoms with van der Waals surface area (Å²) in [5.41, 5.74) is 0.875. The highest BCUT2D eigenvalue weighted by molar-refractivity contribution is 5.84. The number of nitriles is 1. The number of anilines is 1. The van der Waals surface area contributed by atoms with Crippen LogP contribution in [0.25, 0.3) is 11.0 Å². The van der Waals surface area contributed by atoms with E-state index in [4.69, 9.17) is 9.47 Å². The van der Waals surface area contributed by atoms with E-state index in [0.29, 0.717) is 42.9 Å². The fraction of sp³-hybridized carbons (Fsp3) is 0.500. The van der Waals surface area contributed by atoms with Gasteiger partial charge in [-0.15, -0.1) is 0 Å². The molecule has 0 saturated heterocycles. The number of hydrogen-bond acceptors (Lipinski definition) is 8. The van der Waals surface area contributed by atoms with Crippen LogP contribution in [-0.2, 0) is 14.3 Å². The van der Waals surface area contributed by atoms with E-state index in [-0.39, 0.29) is 11.8 Å². The van der Waals surface area contributed by atoms with Gasteiger partial charge in [0, 0.05) is 19.6 Å². The van der Waals surface area contributed by atoms with E-state index in [1.54, 1.807) is 17.0 Å². The second kappa shape index (κ2) is 10.6. The lowest BCUT2D eigenvalue weighted by atomic mass is 10.1. The quantitative estimate of drug-likeness (QED) is 0.503. The summed E-state index contributed by atoms with van der Waals surface area (Å²) < 4.78 is 10.2. The zero-order chi connectivity index (χ0) is 23.0. The lowest BCUT2D eigenvalue weighted by Gasteiger charge is -2.26. The SMILES string of the molecule is CCN(CCCNc1nc2ccccc2nc1C(C#N)C(=O)OC)C(=O)OC(C)(C)C. The second-order valence-electron chi connectivity index (χ2n) is 7.87. The average molecular weight is 428 g/mol. The molecule has 0 saturated carbocycles. The summed E-state index contributed by atoms with van der Waals surface area (Å²) in [6.45, 7) is 8.83. The van der Waals surface area contributed by atoms with Crippen LogP contribution in [0.5, 0.6) is 0 Å². The lowest BCUT2D eigenvalue weighted by molar-refractivity contribution is -0.141. The molecule has 166 valence electrons. The standard InChI is InChI=1S/C22H29N5O4/c1-6-27(21(29)31-22(2,3)4)13-9-12-24-19-18(15(14-23)20(28)30-5)25-16-10-7-8-11-17(16)26-19/h7-8,10-11,15H,6,9,12-13H2,1-5H3,(H,24,26). The number of carbonyl (C=O) groups excluding carboxylic acids is 2. The first-order valence-electron chi connectivity index (χ1n) is 10.2. The third-order valence-corrected chi connectivity index (χ3v) is 4.37. The molecule has 0 spiro atoms. The van der Waals surface area contributed by atoms with Gasteiger partial charge in [-0.3, -0.25) is 4.79 Å². The maximum absolute atomic E-state index is 12.3. The first-order chi connectivity index (χ1) is 14.7. The molecule has 31 heavy (non-hydrogen) atoms. The number of benzene rings is 1. The van der Waals surface area contributed by atoms with Crippen LogP contribution in [-0.4, -0.2) is 59.3 Å². The molecule has 1 unspecified atom stereocenters. The van der Waals surface area contributed by atoms with Crippen LogP contribution in [0.4, 0.5) is 10.6 Å². The number of esters is 1. The molecule has 2 rings (SSSR count). The van der Waals surface area contributed by atoms with Crippen molar-refractivity contribution in [3.63, 3.8) is 0 Å². The third kappa shape index (κ3) is 6.54. The molecule has 1 atom stereocenters. The Morgan fingerprint density at radius 2 is 1.87 bits per heavy atom. The summed E-state index contributed by atoms with van der Waals surface area (Å²) in [6.07, 6.45) is 0.243. The van der Waals surface area contributed by atoms with Crippen molar-refractivity contribution < 1.29 is 19.1 Å². The van der Waals surface area contributed by atoms with Gasteiger partial charge in [0.05, 0.1) is 24.2 Å². The number of amides is 1. The average Bonchev–Trinajstić information content (AvgIpc) is 2.72. The smallest absolute Gasteiger partial charge is 0.410 e. The van der Waals surface area contributed by atoms with Crippen molar-refractivity contribution in [1.82, 2.24) is 14.9 Å². The van der Waals surface area contributed by atoms with Gasteiger partial charge in [0.25, 0.3) is 0 Å². The molecule has 0 aliphatic carbocycles. The Bertz CT molecular complexity index is 965. The molecule has 0 fully saturated rings. The summed E-state index contributed by atoms with van der Waals surface area (Å²) in [6, 6.07) is 9.16. The zero-order valence-electron chi connectivity index (χ0n) is 18.6. The number of para-hydroxylation sites is 2. The van der Waals surface area contributed by atoms with E-state index in [9.17, 15) is 14.9 Å². The number of methoxy groups -OCH3 is 1. The summed E-state index contributed by atoms with van der Waals surface area (Å²) in [7, 11) is 1.23.